The molecule has 0 radical (unpaired) electrons. The highest BCUT2D eigenvalue weighted by Crippen LogP contribution is 2.01. The summed E-state index contributed by atoms with van der Waals surface area (Å²) in [7, 11) is 0. The number of benzene rings is 1. The lowest BCUT2D eigenvalue weighted by Gasteiger charge is -2.04. The molecule has 1 atom stereocenters. The summed E-state index contributed by atoms with van der Waals surface area (Å²) in [5, 5.41) is 9.42. The van der Waals surface area contributed by atoms with Crippen molar-refractivity contribution in [3.8, 4) is 23.7 Å². The molecule has 0 amide bonds. The maximum absolute atomic E-state index is 9.42. The van der Waals surface area contributed by atoms with E-state index in [9.17, 15) is 5.11 Å². The Hall–Kier alpha value is -1.70. The van der Waals surface area contributed by atoms with Crippen LogP contribution in [-0.2, 0) is 6.42 Å². The van der Waals surface area contributed by atoms with E-state index in [2.05, 4.69) is 35.8 Å². The van der Waals surface area contributed by atoms with Crippen LogP contribution in [0.2, 0.25) is 0 Å². The van der Waals surface area contributed by atoms with Crippen molar-refractivity contribution < 1.29 is 5.11 Å². The number of hydrogen-bond donors (Lipinski definition) is 1. The molecule has 0 aliphatic rings. The average Bonchev–Trinajstić information content (AvgIpc) is 2.34. The zero-order valence-corrected chi connectivity index (χ0v) is 10.4. The second-order valence-corrected chi connectivity index (χ2v) is 4.25. The van der Waals surface area contributed by atoms with E-state index < -0.39 is 6.10 Å². The van der Waals surface area contributed by atoms with E-state index in [-0.39, 0.29) is 5.92 Å². The van der Waals surface area contributed by atoms with Crippen LogP contribution >= 0.6 is 0 Å². The summed E-state index contributed by atoms with van der Waals surface area (Å²) in [6, 6.07) is 10.3. The van der Waals surface area contributed by atoms with Crippen LogP contribution in [0.25, 0.3) is 0 Å². The number of aliphatic hydroxyl groups excluding tert-OH is 1. The van der Waals surface area contributed by atoms with Gasteiger partial charge in [-0.3, -0.25) is 0 Å². The Morgan fingerprint density at radius 2 is 1.82 bits per heavy atom. The van der Waals surface area contributed by atoms with Gasteiger partial charge < -0.3 is 5.11 Å². The van der Waals surface area contributed by atoms with Crippen molar-refractivity contribution >= 4 is 0 Å². The van der Waals surface area contributed by atoms with Crippen LogP contribution < -0.4 is 0 Å². The monoisotopic (exact) mass is 226 g/mol. The molecule has 0 saturated carbocycles. The third-order valence-corrected chi connectivity index (χ3v) is 2.38. The molecule has 1 aromatic rings. The Balaban J connectivity index is 2.33. The molecule has 0 unspecified atom stereocenters. The summed E-state index contributed by atoms with van der Waals surface area (Å²) in [5.74, 6) is 11.3. The lowest BCUT2D eigenvalue weighted by atomic mass is 10.1. The Labute approximate surface area is 104 Å². The quantitative estimate of drug-likeness (QED) is 0.786. The molecular formula is C16H18O. The van der Waals surface area contributed by atoms with E-state index >= 15 is 0 Å². The standard InChI is InChI=1S/C16H18O/c1-14(2)16(17)13-9-4-3-6-10-15-11-7-5-8-12-15/h5,7-8,11-12,14,16-17H,6,10H2,1-2H3/t16-/m0/s1. The van der Waals surface area contributed by atoms with Crippen LogP contribution in [0.15, 0.2) is 30.3 Å². The van der Waals surface area contributed by atoms with Gasteiger partial charge >= 0.3 is 0 Å². The van der Waals surface area contributed by atoms with E-state index in [1.807, 2.05) is 32.0 Å². The van der Waals surface area contributed by atoms with E-state index in [1.54, 1.807) is 0 Å². The first-order valence-electron chi connectivity index (χ1n) is 5.90. The smallest absolute Gasteiger partial charge is 0.118 e. The fourth-order valence-electron chi connectivity index (χ4n) is 1.23. The van der Waals surface area contributed by atoms with E-state index in [0.717, 1.165) is 12.8 Å². The van der Waals surface area contributed by atoms with E-state index in [0.29, 0.717) is 0 Å². The fraction of sp³-hybridized carbons (Fsp3) is 0.375. The molecule has 0 aliphatic carbocycles. The minimum Gasteiger partial charge on any atom is -0.380 e. The van der Waals surface area contributed by atoms with Crippen molar-refractivity contribution in [2.75, 3.05) is 0 Å². The number of aliphatic hydroxyl groups is 1. The zero-order valence-electron chi connectivity index (χ0n) is 10.4. The maximum Gasteiger partial charge on any atom is 0.118 e. The normalized spacial score (nSPS) is 11.1. The Morgan fingerprint density at radius 3 is 2.47 bits per heavy atom. The first kappa shape index (κ1) is 13.4. The van der Waals surface area contributed by atoms with Gasteiger partial charge in [0.05, 0.1) is 0 Å². The summed E-state index contributed by atoms with van der Waals surface area (Å²) in [4.78, 5) is 0. The Morgan fingerprint density at radius 1 is 1.12 bits per heavy atom. The largest absolute Gasteiger partial charge is 0.380 e. The number of rotatable bonds is 3. The molecule has 0 fully saturated rings. The van der Waals surface area contributed by atoms with Crippen molar-refractivity contribution in [3.63, 3.8) is 0 Å². The van der Waals surface area contributed by atoms with Crippen molar-refractivity contribution in [3.05, 3.63) is 35.9 Å². The molecule has 88 valence electrons. The summed E-state index contributed by atoms with van der Waals surface area (Å²) >= 11 is 0. The van der Waals surface area contributed by atoms with Crippen LogP contribution in [0.1, 0.15) is 25.8 Å². The van der Waals surface area contributed by atoms with Crippen LogP contribution in [0.4, 0.5) is 0 Å². The number of aryl methyl sites for hydroxylation is 1. The lowest BCUT2D eigenvalue weighted by Crippen LogP contribution is -2.10. The van der Waals surface area contributed by atoms with Gasteiger partial charge in [-0.15, -0.1) is 0 Å². The van der Waals surface area contributed by atoms with Gasteiger partial charge in [-0.2, -0.15) is 0 Å². The molecule has 0 bridgehead atoms. The summed E-state index contributed by atoms with van der Waals surface area (Å²) < 4.78 is 0. The molecule has 0 heterocycles. The van der Waals surface area contributed by atoms with Gasteiger partial charge in [-0.25, -0.2) is 0 Å². The van der Waals surface area contributed by atoms with Crippen molar-refractivity contribution in [2.45, 2.75) is 32.8 Å². The van der Waals surface area contributed by atoms with Crippen LogP contribution in [-0.4, -0.2) is 11.2 Å². The van der Waals surface area contributed by atoms with Crippen molar-refractivity contribution in [1.82, 2.24) is 0 Å². The molecule has 1 aromatic carbocycles. The Bertz CT molecular complexity index is 437. The van der Waals surface area contributed by atoms with Crippen LogP contribution in [0, 0.1) is 29.6 Å². The molecule has 0 aliphatic heterocycles. The van der Waals surface area contributed by atoms with Crippen molar-refractivity contribution in [2.24, 2.45) is 5.92 Å². The molecule has 1 heteroatoms. The molecule has 1 nitrogen and oxygen atoms in total. The zero-order chi connectivity index (χ0) is 12.5. The lowest BCUT2D eigenvalue weighted by molar-refractivity contribution is 0.181. The first-order valence-corrected chi connectivity index (χ1v) is 5.90. The molecular weight excluding hydrogens is 208 g/mol. The third kappa shape index (κ3) is 5.81. The molecule has 0 aromatic heterocycles. The second kappa shape index (κ2) is 7.55. The summed E-state index contributed by atoms with van der Waals surface area (Å²) in [6.07, 6.45) is 1.18. The summed E-state index contributed by atoms with van der Waals surface area (Å²) in [6.45, 7) is 3.87. The van der Waals surface area contributed by atoms with Crippen LogP contribution in [0.3, 0.4) is 0 Å². The predicted molar refractivity (Wildman–Crippen MR) is 71.2 cm³/mol. The minimum absolute atomic E-state index is 0.161. The Kier molecular flexibility index (Phi) is 5.94. The first-order chi connectivity index (χ1) is 8.20. The van der Waals surface area contributed by atoms with Crippen LogP contribution in [0.5, 0.6) is 0 Å². The minimum atomic E-state index is -0.571. The van der Waals surface area contributed by atoms with Crippen molar-refractivity contribution in [1.29, 1.82) is 0 Å². The van der Waals surface area contributed by atoms with Gasteiger partial charge in [0.1, 0.15) is 6.10 Å². The highest BCUT2D eigenvalue weighted by atomic mass is 16.3. The summed E-state index contributed by atoms with van der Waals surface area (Å²) in [5.41, 5.74) is 1.29. The third-order valence-electron chi connectivity index (χ3n) is 2.38. The highest BCUT2D eigenvalue weighted by molar-refractivity contribution is 5.28. The molecule has 0 saturated heterocycles. The average molecular weight is 226 g/mol. The van der Waals surface area contributed by atoms with Gasteiger partial charge in [-0.05, 0) is 29.7 Å². The van der Waals surface area contributed by atoms with Gasteiger partial charge in [0, 0.05) is 6.42 Å². The fourth-order valence-corrected chi connectivity index (χ4v) is 1.23. The molecule has 1 rings (SSSR count). The number of hydrogen-bond acceptors (Lipinski definition) is 1. The van der Waals surface area contributed by atoms with Gasteiger partial charge in [0.2, 0.25) is 0 Å². The van der Waals surface area contributed by atoms with E-state index in [4.69, 9.17) is 0 Å². The van der Waals surface area contributed by atoms with Gasteiger partial charge in [0.15, 0.2) is 0 Å². The second-order valence-electron chi connectivity index (χ2n) is 4.25. The predicted octanol–water partition coefficient (Wildman–Crippen LogP) is 2.64. The molecule has 17 heavy (non-hydrogen) atoms. The van der Waals surface area contributed by atoms with Gasteiger partial charge in [0.25, 0.3) is 0 Å². The molecule has 1 N–H and O–H groups in total. The topological polar surface area (TPSA) is 20.2 Å². The highest BCUT2D eigenvalue weighted by Gasteiger charge is 2.02. The maximum atomic E-state index is 9.42. The van der Waals surface area contributed by atoms with E-state index in [1.165, 1.54) is 5.56 Å². The SMILES string of the molecule is CC(C)[C@@H](O)C#CC#CCCc1ccccc1. The van der Waals surface area contributed by atoms with Gasteiger partial charge in [-0.1, -0.05) is 56.0 Å². The molecule has 0 spiro atoms.